The fraction of sp³-hybridized carbons (Fsp3) is 0.933. The van der Waals surface area contributed by atoms with Gasteiger partial charge < -0.3 is 20.1 Å². The van der Waals surface area contributed by atoms with E-state index >= 15 is 0 Å². The van der Waals surface area contributed by atoms with Crippen LogP contribution in [0.2, 0.25) is 0 Å². The van der Waals surface area contributed by atoms with Crippen LogP contribution in [0.5, 0.6) is 0 Å². The van der Waals surface area contributed by atoms with E-state index < -0.39 is 0 Å². The van der Waals surface area contributed by atoms with Gasteiger partial charge in [-0.1, -0.05) is 6.92 Å². The van der Waals surface area contributed by atoms with Crippen molar-refractivity contribution in [3.8, 4) is 0 Å². The van der Waals surface area contributed by atoms with Crippen molar-refractivity contribution in [2.45, 2.75) is 45.2 Å². The molecule has 4 atom stereocenters. The van der Waals surface area contributed by atoms with Crippen molar-refractivity contribution in [3.05, 3.63) is 0 Å². The second kappa shape index (κ2) is 8.60. The molecule has 0 aromatic rings. The molecule has 5 nitrogen and oxygen atoms in total. The van der Waals surface area contributed by atoms with E-state index in [1.54, 1.807) is 14.2 Å². The molecule has 0 radical (unpaired) electrons. The maximum absolute atomic E-state index is 12.8. The molecule has 0 heterocycles. The number of ether oxygens (including phenoxy) is 2. The van der Waals surface area contributed by atoms with E-state index in [0.717, 1.165) is 19.3 Å². The normalized spacial score (nSPS) is 28.1. The van der Waals surface area contributed by atoms with E-state index in [-0.39, 0.29) is 23.9 Å². The molecule has 0 aromatic heterocycles. The molecule has 1 fully saturated rings. The molecule has 2 N–H and O–H groups in total. The van der Waals surface area contributed by atoms with Gasteiger partial charge in [-0.15, -0.1) is 0 Å². The molecule has 1 aliphatic carbocycles. The molecule has 1 rings (SSSR count). The van der Waals surface area contributed by atoms with E-state index in [1.165, 1.54) is 0 Å². The topological polar surface area (TPSA) is 64.8 Å². The van der Waals surface area contributed by atoms with E-state index in [9.17, 15) is 4.79 Å². The van der Waals surface area contributed by atoms with Crippen LogP contribution in [0, 0.1) is 11.8 Å². The largest absolute Gasteiger partial charge is 0.383 e. The zero-order valence-corrected chi connectivity index (χ0v) is 13.3. The summed E-state index contributed by atoms with van der Waals surface area (Å²) in [6.45, 7) is 5.88. The maximum Gasteiger partial charge on any atom is 0.227 e. The van der Waals surface area contributed by atoms with Crippen molar-refractivity contribution in [1.29, 1.82) is 0 Å². The molecule has 1 saturated carbocycles. The number of nitrogens with two attached hydrogens (primary N) is 1. The lowest BCUT2D eigenvalue weighted by molar-refractivity contribution is -0.141. The Morgan fingerprint density at radius 2 is 2.05 bits per heavy atom. The van der Waals surface area contributed by atoms with Gasteiger partial charge in [0.1, 0.15) is 0 Å². The molecule has 1 aliphatic rings. The van der Waals surface area contributed by atoms with Gasteiger partial charge in [-0.2, -0.15) is 0 Å². The molecule has 0 aromatic carbocycles. The van der Waals surface area contributed by atoms with E-state index in [1.807, 2.05) is 11.8 Å². The van der Waals surface area contributed by atoms with E-state index in [0.29, 0.717) is 25.7 Å². The number of carbonyl (C=O) groups excluding carboxylic acids is 1. The Bertz CT molecular complexity index is 299. The highest BCUT2D eigenvalue weighted by atomic mass is 16.5. The van der Waals surface area contributed by atoms with Gasteiger partial charge in [0, 0.05) is 26.8 Å². The molecular formula is C15H30N2O3. The van der Waals surface area contributed by atoms with Gasteiger partial charge in [0.2, 0.25) is 5.91 Å². The number of hydrogen-bond acceptors (Lipinski definition) is 4. The standard InChI is InChI=1S/C15H30N2O3/c1-11-5-6-14(16)13(9-11)15(18)17(7-8-19-3)12(2)10-20-4/h11-14H,5-10,16H2,1-4H3. The quantitative estimate of drug-likeness (QED) is 0.765. The first-order valence-corrected chi connectivity index (χ1v) is 7.55. The van der Waals surface area contributed by atoms with Crippen LogP contribution in [-0.4, -0.2) is 56.9 Å². The fourth-order valence-electron chi connectivity index (χ4n) is 2.97. The highest BCUT2D eigenvalue weighted by Crippen LogP contribution is 2.29. The molecule has 0 aliphatic heterocycles. The van der Waals surface area contributed by atoms with Crippen molar-refractivity contribution >= 4 is 5.91 Å². The molecule has 118 valence electrons. The number of methoxy groups -OCH3 is 2. The number of rotatable bonds is 7. The second-order valence-electron chi connectivity index (χ2n) is 6.02. The maximum atomic E-state index is 12.8. The molecule has 1 amide bonds. The summed E-state index contributed by atoms with van der Waals surface area (Å²) in [6.07, 6.45) is 2.95. The summed E-state index contributed by atoms with van der Waals surface area (Å²) < 4.78 is 10.3. The van der Waals surface area contributed by atoms with Crippen molar-refractivity contribution < 1.29 is 14.3 Å². The number of carbonyl (C=O) groups is 1. The monoisotopic (exact) mass is 286 g/mol. The van der Waals surface area contributed by atoms with Gasteiger partial charge in [-0.3, -0.25) is 4.79 Å². The summed E-state index contributed by atoms with van der Waals surface area (Å²) in [6, 6.07) is 0.0329. The van der Waals surface area contributed by atoms with Gasteiger partial charge in [0.25, 0.3) is 0 Å². The Kier molecular flexibility index (Phi) is 7.48. The highest BCUT2D eigenvalue weighted by molar-refractivity contribution is 5.80. The van der Waals surface area contributed by atoms with Crippen molar-refractivity contribution in [1.82, 2.24) is 4.90 Å². The van der Waals surface area contributed by atoms with Crippen LogP contribution in [0.4, 0.5) is 0 Å². The average Bonchev–Trinajstić information content (AvgIpc) is 2.42. The Morgan fingerprint density at radius 3 is 2.65 bits per heavy atom. The molecule has 20 heavy (non-hydrogen) atoms. The molecule has 0 saturated heterocycles. The zero-order valence-electron chi connectivity index (χ0n) is 13.3. The van der Waals surface area contributed by atoms with E-state index in [2.05, 4.69) is 6.92 Å². The van der Waals surface area contributed by atoms with Crippen LogP contribution < -0.4 is 5.73 Å². The summed E-state index contributed by atoms with van der Waals surface area (Å²) >= 11 is 0. The Morgan fingerprint density at radius 1 is 1.35 bits per heavy atom. The lowest BCUT2D eigenvalue weighted by atomic mass is 9.78. The molecular weight excluding hydrogens is 256 g/mol. The molecule has 0 bridgehead atoms. The SMILES string of the molecule is COCCN(C(=O)C1CC(C)CCC1N)C(C)COC. The van der Waals surface area contributed by atoms with Crippen LogP contribution >= 0.6 is 0 Å². The summed E-state index contributed by atoms with van der Waals surface area (Å²) in [5.74, 6) is 0.673. The van der Waals surface area contributed by atoms with Crippen molar-refractivity contribution in [2.75, 3.05) is 34.0 Å². The molecule has 4 unspecified atom stereocenters. The van der Waals surface area contributed by atoms with Crippen LogP contribution in [0.3, 0.4) is 0 Å². The summed E-state index contributed by atoms with van der Waals surface area (Å²) in [4.78, 5) is 14.7. The van der Waals surface area contributed by atoms with Crippen LogP contribution in [0.15, 0.2) is 0 Å². The minimum atomic E-state index is -0.0603. The fourth-order valence-corrected chi connectivity index (χ4v) is 2.97. The average molecular weight is 286 g/mol. The van der Waals surface area contributed by atoms with Gasteiger partial charge in [0.05, 0.1) is 25.2 Å². The van der Waals surface area contributed by atoms with Gasteiger partial charge in [0.15, 0.2) is 0 Å². The Balaban J connectivity index is 2.74. The highest BCUT2D eigenvalue weighted by Gasteiger charge is 2.35. The van der Waals surface area contributed by atoms with Gasteiger partial charge >= 0.3 is 0 Å². The first-order chi connectivity index (χ1) is 9.51. The van der Waals surface area contributed by atoms with Crippen molar-refractivity contribution in [3.63, 3.8) is 0 Å². The van der Waals surface area contributed by atoms with E-state index in [4.69, 9.17) is 15.2 Å². The first-order valence-electron chi connectivity index (χ1n) is 7.55. The third-order valence-electron chi connectivity index (χ3n) is 4.24. The predicted molar refractivity (Wildman–Crippen MR) is 79.4 cm³/mol. The van der Waals surface area contributed by atoms with Crippen LogP contribution in [0.25, 0.3) is 0 Å². The lowest BCUT2D eigenvalue weighted by Crippen LogP contribution is -2.51. The lowest BCUT2D eigenvalue weighted by Gasteiger charge is -2.37. The minimum absolute atomic E-state index is 0.0153. The predicted octanol–water partition coefficient (Wildman–Crippen LogP) is 1.26. The van der Waals surface area contributed by atoms with Crippen LogP contribution in [0.1, 0.15) is 33.1 Å². The van der Waals surface area contributed by atoms with Gasteiger partial charge in [-0.05, 0) is 32.1 Å². The summed E-state index contributed by atoms with van der Waals surface area (Å²) in [7, 11) is 3.31. The minimum Gasteiger partial charge on any atom is -0.383 e. The third kappa shape index (κ3) is 4.72. The van der Waals surface area contributed by atoms with Gasteiger partial charge in [-0.25, -0.2) is 0 Å². The zero-order chi connectivity index (χ0) is 15.1. The Labute approximate surface area is 122 Å². The molecule has 0 spiro atoms. The Hall–Kier alpha value is -0.650. The second-order valence-corrected chi connectivity index (χ2v) is 6.02. The summed E-state index contributed by atoms with van der Waals surface area (Å²) in [5, 5.41) is 0. The number of amides is 1. The first kappa shape index (κ1) is 17.4. The third-order valence-corrected chi connectivity index (χ3v) is 4.24. The van der Waals surface area contributed by atoms with Crippen LogP contribution in [-0.2, 0) is 14.3 Å². The number of hydrogen-bond donors (Lipinski definition) is 1. The summed E-state index contributed by atoms with van der Waals surface area (Å²) in [5.41, 5.74) is 6.17. The van der Waals surface area contributed by atoms with Crippen molar-refractivity contribution in [2.24, 2.45) is 17.6 Å². The number of nitrogens with zero attached hydrogens (tertiary/aromatic N) is 1. The smallest absolute Gasteiger partial charge is 0.227 e. The molecule has 5 heteroatoms.